The zero-order chi connectivity index (χ0) is 17.4. The summed E-state index contributed by atoms with van der Waals surface area (Å²) in [5, 5.41) is 0.814. The van der Waals surface area contributed by atoms with Crippen molar-refractivity contribution in [2.75, 3.05) is 6.26 Å². The highest BCUT2D eigenvalue weighted by molar-refractivity contribution is 8.07. The predicted molar refractivity (Wildman–Crippen MR) is 109 cm³/mol. The lowest BCUT2D eigenvalue weighted by Crippen LogP contribution is -2.11. The maximum absolute atomic E-state index is 12.7. The molecule has 1 aliphatic carbocycles. The number of aromatic amines is 1. The molecule has 2 heterocycles. The fourth-order valence-corrected chi connectivity index (χ4v) is 5.15. The minimum Gasteiger partial charge on any atom is -0.305 e. The first-order chi connectivity index (χ1) is 12.2. The van der Waals surface area contributed by atoms with Gasteiger partial charge in [0.05, 0.1) is 10.3 Å². The van der Waals surface area contributed by atoms with E-state index in [-0.39, 0.29) is 5.56 Å². The first kappa shape index (κ1) is 16.6. The molecule has 3 nitrogen and oxygen atoms in total. The van der Waals surface area contributed by atoms with Crippen LogP contribution in [-0.2, 0) is 19.3 Å². The number of aryl methyl sites for hydroxylation is 3. The number of fused-ring (bicyclic) bond motifs is 3. The number of hydrogen-bond donors (Lipinski definition) is 1. The second kappa shape index (κ2) is 6.81. The molecule has 0 spiro atoms. The number of nitrogens with zero attached hydrogens (tertiary/aromatic N) is 1. The molecule has 0 aliphatic heterocycles. The fourth-order valence-electron chi connectivity index (χ4n) is 3.34. The standard InChI is InChI=1S/C20H20N2OS2/c1-3-12-7-9-13(10-8-12)11-16(24-2)18-21-19(23)17-14-5-4-6-15(14)25-20(17)22-18/h7-11H,3-6H2,1-2H3,(H,21,22,23)/b16-11-. The van der Waals surface area contributed by atoms with Gasteiger partial charge in [-0.05, 0) is 54.7 Å². The highest BCUT2D eigenvalue weighted by Gasteiger charge is 2.21. The Kier molecular flexibility index (Phi) is 4.52. The number of benzene rings is 1. The minimum absolute atomic E-state index is 0.000630. The smallest absolute Gasteiger partial charge is 0.260 e. The second-order valence-electron chi connectivity index (χ2n) is 6.26. The summed E-state index contributed by atoms with van der Waals surface area (Å²) in [5.41, 5.74) is 3.67. The van der Waals surface area contributed by atoms with Crippen molar-refractivity contribution in [1.82, 2.24) is 9.97 Å². The van der Waals surface area contributed by atoms with Crippen LogP contribution < -0.4 is 5.56 Å². The van der Waals surface area contributed by atoms with Crippen LogP contribution in [0.3, 0.4) is 0 Å². The highest BCUT2D eigenvalue weighted by Crippen LogP contribution is 2.35. The Morgan fingerprint density at radius 1 is 1.32 bits per heavy atom. The first-order valence-corrected chi connectivity index (χ1v) is 10.6. The molecule has 0 saturated carbocycles. The summed E-state index contributed by atoms with van der Waals surface area (Å²) in [5.74, 6) is 0.671. The predicted octanol–water partition coefficient (Wildman–Crippen LogP) is 4.90. The Balaban J connectivity index is 1.78. The van der Waals surface area contributed by atoms with Gasteiger partial charge in [0.1, 0.15) is 10.7 Å². The van der Waals surface area contributed by atoms with Crippen LogP contribution in [0.1, 0.15) is 40.7 Å². The van der Waals surface area contributed by atoms with Crippen LogP contribution in [0.5, 0.6) is 0 Å². The van der Waals surface area contributed by atoms with E-state index in [2.05, 4.69) is 42.2 Å². The van der Waals surface area contributed by atoms with Gasteiger partial charge >= 0.3 is 0 Å². The normalized spacial score (nSPS) is 14.2. The van der Waals surface area contributed by atoms with Crippen LogP contribution in [0.15, 0.2) is 29.1 Å². The van der Waals surface area contributed by atoms with Crippen molar-refractivity contribution >= 4 is 44.3 Å². The molecule has 0 atom stereocenters. The van der Waals surface area contributed by atoms with Crippen molar-refractivity contribution in [3.63, 3.8) is 0 Å². The molecule has 0 saturated heterocycles. The molecule has 0 bridgehead atoms. The lowest BCUT2D eigenvalue weighted by Gasteiger charge is -2.05. The Morgan fingerprint density at radius 2 is 2.12 bits per heavy atom. The minimum atomic E-state index is 0.000630. The molecule has 3 aromatic rings. The van der Waals surface area contributed by atoms with Gasteiger partial charge < -0.3 is 4.98 Å². The largest absolute Gasteiger partial charge is 0.305 e. The van der Waals surface area contributed by atoms with E-state index in [1.165, 1.54) is 16.0 Å². The number of nitrogens with one attached hydrogen (secondary N) is 1. The molecule has 1 aromatic carbocycles. The van der Waals surface area contributed by atoms with Crippen molar-refractivity contribution in [3.8, 4) is 0 Å². The SMILES string of the molecule is CCc1ccc(/C=C(\SC)c2nc3sc4c(c3c(=O)[nH]2)CCC4)cc1. The summed E-state index contributed by atoms with van der Waals surface area (Å²) < 4.78 is 0. The van der Waals surface area contributed by atoms with Crippen LogP contribution in [0, 0.1) is 0 Å². The van der Waals surface area contributed by atoms with Gasteiger partial charge in [-0.15, -0.1) is 23.1 Å². The third kappa shape index (κ3) is 3.07. The third-order valence-corrected chi connectivity index (χ3v) is 6.65. The third-order valence-electron chi connectivity index (χ3n) is 4.71. The zero-order valence-corrected chi connectivity index (χ0v) is 16.0. The van der Waals surface area contributed by atoms with Crippen molar-refractivity contribution in [2.45, 2.75) is 32.6 Å². The fraction of sp³-hybridized carbons (Fsp3) is 0.300. The molecular weight excluding hydrogens is 348 g/mol. The van der Waals surface area contributed by atoms with Crippen LogP contribution >= 0.6 is 23.1 Å². The van der Waals surface area contributed by atoms with Gasteiger partial charge in [0.15, 0.2) is 0 Å². The Morgan fingerprint density at radius 3 is 2.84 bits per heavy atom. The van der Waals surface area contributed by atoms with Gasteiger partial charge in [-0.25, -0.2) is 4.98 Å². The lowest BCUT2D eigenvalue weighted by atomic mass is 10.1. The molecule has 1 N–H and O–H groups in total. The molecule has 0 radical (unpaired) electrons. The van der Waals surface area contributed by atoms with Crippen LogP contribution in [0.25, 0.3) is 21.2 Å². The number of aromatic nitrogens is 2. The van der Waals surface area contributed by atoms with Gasteiger partial charge in [-0.1, -0.05) is 31.2 Å². The summed E-state index contributed by atoms with van der Waals surface area (Å²) in [6.45, 7) is 2.15. The average Bonchev–Trinajstić information content (AvgIpc) is 3.20. The monoisotopic (exact) mass is 368 g/mol. The molecule has 25 heavy (non-hydrogen) atoms. The number of hydrogen-bond acceptors (Lipinski definition) is 4. The molecular formula is C20H20N2OS2. The van der Waals surface area contributed by atoms with E-state index < -0.39 is 0 Å². The van der Waals surface area contributed by atoms with E-state index >= 15 is 0 Å². The van der Waals surface area contributed by atoms with E-state index in [1.54, 1.807) is 23.1 Å². The van der Waals surface area contributed by atoms with Crippen molar-refractivity contribution < 1.29 is 0 Å². The zero-order valence-electron chi connectivity index (χ0n) is 14.4. The van der Waals surface area contributed by atoms with Crippen molar-refractivity contribution in [2.24, 2.45) is 0 Å². The molecule has 4 rings (SSSR count). The number of H-pyrrole nitrogens is 1. The maximum atomic E-state index is 12.7. The number of thioether (sulfide) groups is 1. The van der Waals surface area contributed by atoms with Gasteiger partial charge in [0.2, 0.25) is 0 Å². The van der Waals surface area contributed by atoms with E-state index in [0.717, 1.165) is 46.4 Å². The molecule has 0 fully saturated rings. The van der Waals surface area contributed by atoms with Gasteiger partial charge in [-0.3, -0.25) is 4.79 Å². The van der Waals surface area contributed by atoms with Crippen molar-refractivity contribution in [1.29, 1.82) is 0 Å². The molecule has 5 heteroatoms. The van der Waals surface area contributed by atoms with Gasteiger partial charge in [0, 0.05) is 4.88 Å². The lowest BCUT2D eigenvalue weighted by molar-refractivity contribution is 0.916. The number of rotatable bonds is 4. The molecule has 128 valence electrons. The molecule has 2 aromatic heterocycles. The average molecular weight is 369 g/mol. The highest BCUT2D eigenvalue weighted by atomic mass is 32.2. The second-order valence-corrected chi connectivity index (χ2v) is 8.19. The van der Waals surface area contributed by atoms with E-state index in [0.29, 0.717) is 5.82 Å². The summed E-state index contributed by atoms with van der Waals surface area (Å²) in [6.07, 6.45) is 8.39. The van der Waals surface area contributed by atoms with Crippen molar-refractivity contribution in [3.05, 3.63) is 62.0 Å². The Hall–Kier alpha value is -1.85. The Labute approximate surface area is 155 Å². The first-order valence-electron chi connectivity index (χ1n) is 8.59. The van der Waals surface area contributed by atoms with E-state index in [1.807, 2.05) is 6.26 Å². The van der Waals surface area contributed by atoms with E-state index in [4.69, 9.17) is 4.98 Å². The topological polar surface area (TPSA) is 45.8 Å². The maximum Gasteiger partial charge on any atom is 0.260 e. The Bertz CT molecular complexity index is 1010. The molecule has 1 aliphatic rings. The summed E-state index contributed by atoms with van der Waals surface area (Å²) in [6, 6.07) is 8.52. The summed E-state index contributed by atoms with van der Waals surface area (Å²) in [7, 11) is 0. The summed E-state index contributed by atoms with van der Waals surface area (Å²) >= 11 is 3.30. The quantitative estimate of drug-likeness (QED) is 0.713. The number of thiophene rings is 1. The van der Waals surface area contributed by atoms with Crippen LogP contribution in [-0.4, -0.2) is 16.2 Å². The van der Waals surface area contributed by atoms with Crippen LogP contribution in [0.4, 0.5) is 0 Å². The molecule has 0 unspecified atom stereocenters. The van der Waals surface area contributed by atoms with Crippen LogP contribution in [0.2, 0.25) is 0 Å². The summed E-state index contributed by atoms with van der Waals surface area (Å²) in [4.78, 5) is 23.6. The van der Waals surface area contributed by atoms with E-state index in [9.17, 15) is 4.79 Å². The molecule has 0 amide bonds. The van der Waals surface area contributed by atoms with Gasteiger partial charge in [-0.2, -0.15) is 0 Å². The van der Waals surface area contributed by atoms with Gasteiger partial charge in [0.25, 0.3) is 5.56 Å².